The lowest BCUT2D eigenvalue weighted by Gasteiger charge is -2.12. The molecular formula is C11H13F2NO2. The minimum atomic E-state index is -1.00. The highest BCUT2D eigenvalue weighted by atomic mass is 19.1. The van der Waals surface area contributed by atoms with Crippen molar-refractivity contribution in [2.45, 2.75) is 12.6 Å². The second kappa shape index (κ2) is 5.58. The molecule has 0 aliphatic carbocycles. The first-order valence-corrected chi connectivity index (χ1v) is 4.72. The highest BCUT2D eigenvalue weighted by Crippen LogP contribution is 2.22. The Morgan fingerprint density at radius 1 is 1.44 bits per heavy atom. The number of nitrogens with one attached hydrogen (secondary N) is 1. The molecule has 16 heavy (non-hydrogen) atoms. The molecule has 0 bridgehead atoms. The second-order valence-electron chi connectivity index (χ2n) is 3.30. The van der Waals surface area contributed by atoms with Crippen molar-refractivity contribution in [3.8, 4) is 5.75 Å². The van der Waals surface area contributed by atoms with Crippen molar-refractivity contribution in [2.24, 2.45) is 0 Å². The van der Waals surface area contributed by atoms with E-state index in [0.717, 1.165) is 6.07 Å². The number of hydrogen-bond acceptors (Lipinski definition) is 3. The zero-order chi connectivity index (χ0) is 12.1. The number of rotatable bonds is 5. The molecule has 0 radical (unpaired) electrons. The molecule has 1 rings (SSSR count). The van der Waals surface area contributed by atoms with Crippen molar-refractivity contribution in [1.82, 2.24) is 5.32 Å². The van der Waals surface area contributed by atoms with E-state index < -0.39 is 17.4 Å². The number of hydrogen-bond donors (Lipinski definition) is 3. The highest BCUT2D eigenvalue weighted by molar-refractivity contribution is 5.34. The minimum Gasteiger partial charge on any atom is -0.505 e. The Kier molecular flexibility index (Phi) is 4.39. The fourth-order valence-corrected chi connectivity index (χ4v) is 1.22. The van der Waals surface area contributed by atoms with Crippen molar-refractivity contribution in [2.75, 3.05) is 6.61 Å². The number of phenolic OH excluding ortho intramolecular Hbond substituents is 1. The lowest BCUT2D eigenvalue weighted by atomic mass is 10.1. The van der Waals surface area contributed by atoms with E-state index >= 15 is 0 Å². The van der Waals surface area contributed by atoms with E-state index in [1.54, 1.807) is 0 Å². The topological polar surface area (TPSA) is 52.5 Å². The van der Waals surface area contributed by atoms with E-state index in [9.17, 15) is 13.9 Å². The zero-order valence-corrected chi connectivity index (χ0v) is 8.58. The summed E-state index contributed by atoms with van der Waals surface area (Å²) in [5.41, 5.74) is 0.0952. The molecule has 0 spiro atoms. The lowest BCUT2D eigenvalue weighted by Crippen LogP contribution is -2.29. The van der Waals surface area contributed by atoms with Crippen LogP contribution in [0.1, 0.15) is 5.56 Å². The predicted molar refractivity (Wildman–Crippen MR) is 55.9 cm³/mol. The van der Waals surface area contributed by atoms with Crippen LogP contribution >= 0.6 is 0 Å². The molecule has 0 amide bonds. The Bertz CT molecular complexity index is 382. The van der Waals surface area contributed by atoms with Gasteiger partial charge in [0.05, 0.1) is 6.61 Å². The summed E-state index contributed by atoms with van der Waals surface area (Å²) in [5.74, 6) is -2.35. The van der Waals surface area contributed by atoms with Crippen LogP contribution in [0.5, 0.6) is 5.75 Å². The Labute approximate surface area is 92.0 Å². The summed E-state index contributed by atoms with van der Waals surface area (Å²) in [6.45, 7) is 3.33. The van der Waals surface area contributed by atoms with Gasteiger partial charge in [-0.3, -0.25) is 0 Å². The number of phenols is 1. The average Bonchev–Trinajstić information content (AvgIpc) is 2.26. The normalized spacial score (nSPS) is 12.4. The number of aliphatic hydroxyl groups excluding tert-OH is 1. The number of halogens is 2. The maximum atomic E-state index is 12.9. The van der Waals surface area contributed by atoms with Gasteiger partial charge in [-0.15, -0.1) is 6.58 Å². The molecule has 0 saturated heterocycles. The fraction of sp³-hybridized carbons (Fsp3) is 0.273. The van der Waals surface area contributed by atoms with Crippen molar-refractivity contribution in [3.05, 3.63) is 42.0 Å². The maximum absolute atomic E-state index is 12.9. The van der Waals surface area contributed by atoms with Crippen molar-refractivity contribution in [3.63, 3.8) is 0 Å². The SMILES string of the molecule is C=C[C@H](CO)NCc1cc(F)cc(F)c1O. The summed E-state index contributed by atoms with van der Waals surface area (Å²) in [5, 5.41) is 20.9. The van der Waals surface area contributed by atoms with Gasteiger partial charge in [-0.2, -0.15) is 0 Å². The predicted octanol–water partition coefficient (Wildman–Crippen LogP) is 1.31. The van der Waals surface area contributed by atoms with Crippen LogP contribution in [0.4, 0.5) is 8.78 Å². The summed E-state index contributed by atoms with van der Waals surface area (Å²) < 4.78 is 25.8. The first-order valence-electron chi connectivity index (χ1n) is 4.72. The van der Waals surface area contributed by atoms with Gasteiger partial charge in [0, 0.05) is 24.2 Å². The van der Waals surface area contributed by atoms with E-state index in [-0.39, 0.29) is 24.8 Å². The quantitative estimate of drug-likeness (QED) is 0.667. The molecule has 1 aromatic carbocycles. The molecule has 3 N–H and O–H groups in total. The third kappa shape index (κ3) is 3.01. The molecule has 0 saturated carbocycles. The van der Waals surface area contributed by atoms with Gasteiger partial charge in [-0.05, 0) is 6.07 Å². The van der Waals surface area contributed by atoms with Gasteiger partial charge in [-0.25, -0.2) is 8.78 Å². The van der Waals surface area contributed by atoms with Crippen molar-refractivity contribution in [1.29, 1.82) is 0 Å². The third-order valence-corrected chi connectivity index (χ3v) is 2.14. The molecule has 0 fully saturated rings. The van der Waals surface area contributed by atoms with Crippen LogP contribution in [0.2, 0.25) is 0 Å². The number of aromatic hydroxyl groups is 1. The van der Waals surface area contributed by atoms with Crippen LogP contribution in [0, 0.1) is 11.6 Å². The standard InChI is InChI=1S/C11H13F2NO2/c1-2-9(6-15)14-5-7-3-8(12)4-10(13)11(7)16/h2-4,9,14-16H,1,5-6H2/t9-/m1/s1. The third-order valence-electron chi connectivity index (χ3n) is 2.14. The first-order chi connectivity index (χ1) is 7.58. The number of aliphatic hydroxyl groups is 1. The van der Waals surface area contributed by atoms with E-state index in [4.69, 9.17) is 5.11 Å². The summed E-state index contributed by atoms with van der Waals surface area (Å²) >= 11 is 0. The summed E-state index contributed by atoms with van der Waals surface area (Å²) in [6, 6.07) is 1.25. The van der Waals surface area contributed by atoms with E-state index in [1.807, 2.05) is 0 Å². The summed E-state index contributed by atoms with van der Waals surface area (Å²) in [7, 11) is 0. The monoisotopic (exact) mass is 229 g/mol. The molecule has 0 unspecified atom stereocenters. The minimum absolute atomic E-state index is 0.0394. The first kappa shape index (κ1) is 12.6. The van der Waals surface area contributed by atoms with Gasteiger partial charge in [0.2, 0.25) is 0 Å². The Morgan fingerprint density at radius 2 is 2.12 bits per heavy atom. The number of benzene rings is 1. The van der Waals surface area contributed by atoms with Gasteiger partial charge in [-0.1, -0.05) is 6.08 Å². The maximum Gasteiger partial charge on any atom is 0.168 e. The molecule has 1 aromatic rings. The molecule has 88 valence electrons. The lowest BCUT2D eigenvalue weighted by molar-refractivity contribution is 0.263. The van der Waals surface area contributed by atoms with Gasteiger partial charge < -0.3 is 15.5 Å². The smallest absolute Gasteiger partial charge is 0.168 e. The average molecular weight is 229 g/mol. The van der Waals surface area contributed by atoms with Crippen LogP contribution in [0.3, 0.4) is 0 Å². The highest BCUT2D eigenvalue weighted by Gasteiger charge is 2.11. The Balaban J connectivity index is 2.77. The van der Waals surface area contributed by atoms with E-state index in [2.05, 4.69) is 11.9 Å². The second-order valence-corrected chi connectivity index (χ2v) is 3.30. The Morgan fingerprint density at radius 3 is 2.69 bits per heavy atom. The van der Waals surface area contributed by atoms with Crippen LogP contribution < -0.4 is 5.32 Å². The molecule has 0 heterocycles. The molecule has 3 nitrogen and oxygen atoms in total. The van der Waals surface area contributed by atoms with Gasteiger partial charge in [0.25, 0.3) is 0 Å². The van der Waals surface area contributed by atoms with Gasteiger partial charge in [0.15, 0.2) is 11.6 Å². The molecule has 1 atom stereocenters. The fourth-order valence-electron chi connectivity index (χ4n) is 1.22. The molecule has 0 aliphatic rings. The van der Waals surface area contributed by atoms with E-state index in [0.29, 0.717) is 6.07 Å². The largest absolute Gasteiger partial charge is 0.505 e. The van der Waals surface area contributed by atoms with Gasteiger partial charge >= 0.3 is 0 Å². The Hall–Kier alpha value is -1.46. The zero-order valence-electron chi connectivity index (χ0n) is 8.58. The molecule has 5 heteroatoms. The van der Waals surface area contributed by atoms with Crippen molar-refractivity contribution < 1.29 is 19.0 Å². The van der Waals surface area contributed by atoms with Crippen molar-refractivity contribution >= 4 is 0 Å². The van der Waals surface area contributed by atoms with Crippen LogP contribution in [-0.4, -0.2) is 22.9 Å². The van der Waals surface area contributed by atoms with Crippen LogP contribution in [0.25, 0.3) is 0 Å². The molecule has 0 aromatic heterocycles. The summed E-state index contributed by atoms with van der Waals surface area (Å²) in [6.07, 6.45) is 1.46. The van der Waals surface area contributed by atoms with Crippen LogP contribution in [-0.2, 0) is 6.54 Å². The molecule has 0 aliphatic heterocycles. The van der Waals surface area contributed by atoms with Gasteiger partial charge in [0.1, 0.15) is 5.82 Å². The molecular weight excluding hydrogens is 216 g/mol. The summed E-state index contributed by atoms with van der Waals surface area (Å²) in [4.78, 5) is 0. The van der Waals surface area contributed by atoms with Crippen LogP contribution in [0.15, 0.2) is 24.8 Å². The van der Waals surface area contributed by atoms with E-state index in [1.165, 1.54) is 6.08 Å².